The lowest BCUT2D eigenvalue weighted by atomic mass is 9.96. The molecule has 22 heavy (non-hydrogen) atoms. The van der Waals surface area contributed by atoms with Gasteiger partial charge in [-0.05, 0) is 42.6 Å². The Morgan fingerprint density at radius 3 is 3.00 bits per heavy atom. The molecule has 3 heteroatoms. The molecule has 0 saturated carbocycles. The first-order valence-corrected chi connectivity index (χ1v) is 8.11. The molecule has 1 aliphatic rings. The van der Waals surface area contributed by atoms with Gasteiger partial charge in [-0.1, -0.05) is 30.7 Å². The van der Waals surface area contributed by atoms with Gasteiger partial charge in [0.25, 0.3) is 0 Å². The van der Waals surface area contributed by atoms with Crippen molar-refractivity contribution < 1.29 is 0 Å². The number of likely N-dealkylation sites (tertiary alicyclic amines) is 1. The predicted molar refractivity (Wildman–Crippen MR) is 89.5 cm³/mol. The molecule has 3 heterocycles. The molecular formula is C19H21N3. The summed E-state index contributed by atoms with van der Waals surface area (Å²) in [5, 5.41) is 1.35. The Kier molecular flexibility index (Phi) is 3.65. The highest BCUT2D eigenvalue weighted by atomic mass is 15.2. The predicted octanol–water partition coefficient (Wildman–Crippen LogP) is 4.29. The van der Waals surface area contributed by atoms with Crippen molar-refractivity contribution in [2.45, 2.75) is 31.8 Å². The first-order chi connectivity index (χ1) is 10.9. The molecule has 3 nitrogen and oxygen atoms in total. The molecule has 1 N–H and O–H groups in total. The van der Waals surface area contributed by atoms with Gasteiger partial charge in [-0.15, -0.1) is 0 Å². The van der Waals surface area contributed by atoms with Gasteiger partial charge in [0.05, 0.1) is 0 Å². The molecule has 1 aliphatic heterocycles. The van der Waals surface area contributed by atoms with Crippen LogP contribution in [0, 0.1) is 0 Å². The maximum Gasteiger partial charge on any atom is 0.0457 e. The van der Waals surface area contributed by atoms with Gasteiger partial charge in [0.15, 0.2) is 0 Å². The average Bonchev–Trinajstić information content (AvgIpc) is 2.99. The van der Waals surface area contributed by atoms with Crippen LogP contribution in [0.2, 0.25) is 0 Å². The number of para-hydroxylation sites is 1. The second-order valence-corrected chi connectivity index (χ2v) is 6.13. The minimum atomic E-state index is 0.496. The standard InChI is InChI=1S/C19H21N3/c1-2-8-18-17(7-1)16(13-21-18)14-22-11-4-3-9-19(22)15-6-5-10-20-12-15/h1-2,5-8,10,12-13,19,21H,3-4,9,11,14H2/t19-/m1/s1. The first-order valence-electron chi connectivity index (χ1n) is 8.11. The van der Waals surface area contributed by atoms with E-state index in [1.165, 1.54) is 47.8 Å². The van der Waals surface area contributed by atoms with Crippen LogP contribution in [0.3, 0.4) is 0 Å². The molecule has 0 unspecified atom stereocenters. The Balaban J connectivity index is 1.62. The molecule has 0 bridgehead atoms. The van der Waals surface area contributed by atoms with Crippen LogP contribution in [0.15, 0.2) is 55.0 Å². The summed E-state index contributed by atoms with van der Waals surface area (Å²) in [7, 11) is 0. The second-order valence-electron chi connectivity index (χ2n) is 6.13. The average molecular weight is 291 g/mol. The fourth-order valence-corrected chi connectivity index (χ4v) is 3.61. The van der Waals surface area contributed by atoms with E-state index in [1.807, 2.05) is 18.5 Å². The van der Waals surface area contributed by atoms with E-state index in [4.69, 9.17) is 0 Å². The summed E-state index contributed by atoms with van der Waals surface area (Å²) >= 11 is 0. The van der Waals surface area contributed by atoms with Crippen LogP contribution in [0.4, 0.5) is 0 Å². The number of hydrogen-bond acceptors (Lipinski definition) is 2. The monoisotopic (exact) mass is 291 g/mol. The maximum atomic E-state index is 4.31. The Morgan fingerprint density at radius 2 is 2.09 bits per heavy atom. The van der Waals surface area contributed by atoms with Crippen molar-refractivity contribution in [3.05, 3.63) is 66.1 Å². The lowest BCUT2D eigenvalue weighted by molar-refractivity contribution is 0.141. The smallest absolute Gasteiger partial charge is 0.0457 e. The van der Waals surface area contributed by atoms with Crippen molar-refractivity contribution in [2.75, 3.05) is 6.54 Å². The molecule has 4 rings (SSSR count). The van der Waals surface area contributed by atoms with Gasteiger partial charge in [-0.2, -0.15) is 0 Å². The summed E-state index contributed by atoms with van der Waals surface area (Å²) in [5.41, 5.74) is 3.97. The molecule has 2 aromatic heterocycles. The van der Waals surface area contributed by atoms with Gasteiger partial charge < -0.3 is 4.98 Å². The van der Waals surface area contributed by atoms with Crippen LogP contribution in [0.5, 0.6) is 0 Å². The van der Waals surface area contributed by atoms with Crippen molar-refractivity contribution in [3.63, 3.8) is 0 Å². The third-order valence-corrected chi connectivity index (χ3v) is 4.73. The van der Waals surface area contributed by atoms with Gasteiger partial charge in [-0.3, -0.25) is 9.88 Å². The van der Waals surface area contributed by atoms with E-state index in [9.17, 15) is 0 Å². The minimum absolute atomic E-state index is 0.496. The first kappa shape index (κ1) is 13.5. The number of aromatic amines is 1. The fourth-order valence-electron chi connectivity index (χ4n) is 3.61. The lowest BCUT2D eigenvalue weighted by Crippen LogP contribution is -2.32. The zero-order valence-electron chi connectivity index (χ0n) is 12.7. The Morgan fingerprint density at radius 1 is 1.14 bits per heavy atom. The number of fused-ring (bicyclic) bond motifs is 1. The van der Waals surface area contributed by atoms with Crippen LogP contribution in [-0.4, -0.2) is 21.4 Å². The van der Waals surface area contributed by atoms with E-state index in [0.29, 0.717) is 6.04 Å². The highest BCUT2D eigenvalue weighted by Gasteiger charge is 2.24. The molecule has 3 aromatic rings. The molecule has 1 aromatic carbocycles. The summed E-state index contributed by atoms with van der Waals surface area (Å²) < 4.78 is 0. The molecule has 112 valence electrons. The Bertz CT molecular complexity index is 747. The molecule has 0 amide bonds. The zero-order chi connectivity index (χ0) is 14.8. The van der Waals surface area contributed by atoms with Gasteiger partial charge in [-0.25, -0.2) is 0 Å². The Labute approximate surface area is 131 Å². The number of H-pyrrole nitrogens is 1. The zero-order valence-corrected chi connectivity index (χ0v) is 12.7. The number of benzene rings is 1. The van der Waals surface area contributed by atoms with Crippen molar-refractivity contribution in [3.8, 4) is 0 Å². The number of hydrogen-bond donors (Lipinski definition) is 1. The largest absolute Gasteiger partial charge is 0.361 e. The highest BCUT2D eigenvalue weighted by Crippen LogP contribution is 2.32. The number of nitrogens with one attached hydrogen (secondary N) is 1. The van der Waals surface area contributed by atoms with Crippen molar-refractivity contribution in [1.29, 1.82) is 0 Å². The second kappa shape index (κ2) is 5.93. The van der Waals surface area contributed by atoms with Crippen LogP contribution in [0.25, 0.3) is 10.9 Å². The van der Waals surface area contributed by atoms with E-state index >= 15 is 0 Å². The number of nitrogens with zero attached hydrogens (tertiary/aromatic N) is 2. The molecule has 0 aliphatic carbocycles. The van der Waals surface area contributed by atoms with Crippen LogP contribution < -0.4 is 0 Å². The van der Waals surface area contributed by atoms with E-state index in [1.54, 1.807) is 0 Å². The number of piperidine rings is 1. The molecular weight excluding hydrogens is 270 g/mol. The quantitative estimate of drug-likeness (QED) is 0.780. The summed E-state index contributed by atoms with van der Waals surface area (Å²) in [6.07, 6.45) is 9.88. The molecule has 0 radical (unpaired) electrons. The molecule has 1 saturated heterocycles. The third kappa shape index (κ3) is 2.53. The lowest BCUT2D eigenvalue weighted by Gasteiger charge is -2.35. The van der Waals surface area contributed by atoms with E-state index in [0.717, 1.165) is 6.54 Å². The Hall–Kier alpha value is -2.13. The van der Waals surface area contributed by atoms with Crippen molar-refractivity contribution in [1.82, 2.24) is 14.9 Å². The SMILES string of the molecule is c1cncc([C@H]2CCCCN2Cc2c[nH]c3ccccc23)c1. The molecule has 1 atom stereocenters. The van der Waals surface area contributed by atoms with Crippen LogP contribution in [-0.2, 0) is 6.54 Å². The van der Waals surface area contributed by atoms with Gasteiger partial charge in [0, 0.05) is 42.1 Å². The van der Waals surface area contributed by atoms with Gasteiger partial charge in [0.1, 0.15) is 0 Å². The maximum absolute atomic E-state index is 4.31. The summed E-state index contributed by atoms with van der Waals surface area (Å²) in [5.74, 6) is 0. The van der Waals surface area contributed by atoms with Gasteiger partial charge in [0.2, 0.25) is 0 Å². The van der Waals surface area contributed by atoms with E-state index in [2.05, 4.69) is 51.4 Å². The van der Waals surface area contributed by atoms with Crippen molar-refractivity contribution in [2.24, 2.45) is 0 Å². The number of pyridine rings is 1. The summed E-state index contributed by atoms with van der Waals surface area (Å²) in [6.45, 7) is 2.17. The topological polar surface area (TPSA) is 31.9 Å². The van der Waals surface area contributed by atoms with Gasteiger partial charge >= 0.3 is 0 Å². The minimum Gasteiger partial charge on any atom is -0.361 e. The summed E-state index contributed by atoms with van der Waals surface area (Å²) in [4.78, 5) is 10.3. The van der Waals surface area contributed by atoms with Crippen LogP contribution in [0.1, 0.15) is 36.4 Å². The summed E-state index contributed by atoms with van der Waals surface area (Å²) in [6, 6.07) is 13.3. The fraction of sp³-hybridized carbons (Fsp3) is 0.316. The third-order valence-electron chi connectivity index (χ3n) is 4.73. The molecule has 0 spiro atoms. The van der Waals surface area contributed by atoms with E-state index in [-0.39, 0.29) is 0 Å². The highest BCUT2D eigenvalue weighted by molar-refractivity contribution is 5.82. The van der Waals surface area contributed by atoms with E-state index < -0.39 is 0 Å². The normalized spacial score (nSPS) is 19.5. The molecule has 1 fully saturated rings. The van der Waals surface area contributed by atoms with Crippen LogP contribution >= 0.6 is 0 Å². The number of rotatable bonds is 3. The number of aromatic nitrogens is 2. The van der Waals surface area contributed by atoms with Crippen molar-refractivity contribution >= 4 is 10.9 Å².